The van der Waals surface area contributed by atoms with Crippen molar-refractivity contribution in [3.63, 3.8) is 0 Å². The highest BCUT2D eigenvalue weighted by Crippen LogP contribution is 2.30. The second-order valence-corrected chi connectivity index (χ2v) is 4.52. The molecule has 0 aliphatic heterocycles. The van der Waals surface area contributed by atoms with Gasteiger partial charge in [-0.2, -0.15) is 24.9 Å². The molecule has 1 atom stereocenters. The molecule has 0 saturated heterocycles. The van der Waals surface area contributed by atoms with Crippen LogP contribution in [0.3, 0.4) is 0 Å². The lowest BCUT2D eigenvalue weighted by molar-refractivity contribution is -0.0326. The van der Waals surface area contributed by atoms with E-state index < -0.39 is 11.6 Å². The minimum absolute atomic E-state index is 0.0215. The smallest absolute Gasteiger partial charge is 0.394 e. The van der Waals surface area contributed by atoms with E-state index in [9.17, 15) is 13.2 Å². The van der Waals surface area contributed by atoms with Crippen molar-refractivity contribution in [1.29, 1.82) is 0 Å². The van der Waals surface area contributed by atoms with Crippen LogP contribution in [-0.2, 0) is 0 Å². The fraction of sp³-hybridized carbons (Fsp3) is 1.00. The van der Waals surface area contributed by atoms with Crippen LogP contribution in [0.2, 0.25) is 0 Å². The van der Waals surface area contributed by atoms with E-state index in [-0.39, 0.29) is 29.9 Å². The van der Waals surface area contributed by atoms with Gasteiger partial charge in [0.25, 0.3) is 0 Å². The molecule has 0 amide bonds. The molecule has 0 aliphatic carbocycles. The van der Waals surface area contributed by atoms with E-state index >= 15 is 0 Å². The first-order chi connectivity index (χ1) is 5.95. The first kappa shape index (κ1) is 13.4. The number of hydrogen-bond donors (Lipinski definition) is 2. The summed E-state index contributed by atoms with van der Waals surface area (Å²) in [7, 11) is 0. The van der Waals surface area contributed by atoms with E-state index in [1.807, 2.05) is 0 Å². The highest BCUT2D eigenvalue weighted by molar-refractivity contribution is 8.03. The summed E-state index contributed by atoms with van der Waals surface area (Å²) in [4.78, 5) is 0. The molecule has 1 unspecified atom stereocenters. The van der Waals surface area contributed by atoms with Crippen LogP contribution in [0, 0.1) is 0 Å². The Kier molecular flexibility index (Phi) is 7.02. The second-order valence-electron chi connectivity index (χ2n) is 2.21. The van der Waals surface area contributed by atoms with E-state index in [0.29, 0.717) is 5.75 Å². The van der Waals surface area contributed by atoms with Crippen LogP contribution >= 0.6 is 23.5 Å². The maximum Gasteiger partial charge on any atom is 0.441 e. The van der Waals surface area contributed by atoms with Crippen molar-refractivity contribution in [3.8, 4) is 0 Å². The van der Waals surface area contributed by atoms with Gasteiger partial charge in [0.15, 0.2) is 0 Å². The van der Waals surface area contributed by atoms with Gasteiger partial charge >= 0.3 is 5.51 Å². The number of aliphatic hydroxyl groups excluding tert-OH is 2. The lowest BCUT2D eigenvalue weighted by atomic mass is 10.4. The lowest BCUT2D eigenvalue weighted by Gasteiger charge is -2.07. The van der Waals surface area contributed by atoms with Gasteiger partial charge in [-0.05, 0) is 0 Å². The zero-order valence-corrected chi connectivity index (χ0v) is 8.38. The van der Waals surface area contributed by atoms with Gasteiger partial charge in [0.2, 0.25) is 0 Å². The molecule has 2 nitrogen and oxygen atoms in total. The molecule has 0 aromatic heterocycles. The van der Waals surface area contributed by atoms with Crippen molar-refractivity contribution >= 4 is 23.5 Å². The zero-order valence-electron chi connectivity index (χ0n) is 6.75. The van der Waals surface area contributed by atoms with Gasteiger partial charge < -0.3 is 10.2 Å². The molecule has 2 N–H and O–H groups in total. The molecule has 13 heavy (non-hydrogen) atoms. The molecule has 0 aromatic rings. The molecule has 0 aromatic carbocycles. The van der Waals surface area contributed by atoms with E-state index in [2.05, 4.69) is 0 Å². The Balaban J connectivity index is 3.18. The fourth-order valence-electron chi connectivity index (χ4n) is 0.488. The predicted octanol–water partition coefficient (Wildman–Crippen LogP) is 1.33. The third-order valence-corrected chi connectivity index (χ3v) is 3.12. The van der Waals surface area contributed by atoms with Crippen LogP contribution in [0.15, 0.2) is 0 Å². The summed E-state index contributed by atoms with van der Waals surface area (Å²) < 4.78 is 34.7. The monoisotopic (exact) mass is 236 g/mol. The maximum absolute atomic E-state index is 11.6. The Hall–Kier alpha value is 0.410. The minimum Gasteiger partial charge on any atom is -0.394 e. The van der Waals surface area contributed by atoms with Crippen LogP contribution < -0.4 is 0 Å². The molecule has 0 spiro atoms. The first-order valence-electron chi connectivity index (χ1n) is 3.53. The summed E-state index contributed by atoms with van der Waals surface area (Å²) in [5.41, 5.74) is -4.17. The zero-order chi connectivity index (χ0) is 10.3. The SMILES string of the molecule is OCC(O)CSCCSC(F)(F)F. The Morgan fingerprint density at radius 3 is 2.31 bits per heavy atom. The molecule has 80 valence electrons. The first-order valence-corrected chi connectivity index (χ1v) is 5.67. The van der Waals surface area contributed by atoms with Gasteiger partial charge in [-0.25, -0.2) is 0 Å². The minimum atomic E-state index is -4.17. The van der Waals surface area contributed by atoms with Crippen LogP contribution in [0.25, 0.3) is 0 Å². The number of aliphatic hydroxyl groups is 2. The van der Waals surface area contributed by atoms with Gasteiger partial charge in [0.1, 0.15) is 0 Å². The topological polar surface area (TPSA) is 40.5 Å². The molecule has 0 saturated carbocycles. The van der Waals surface area contributed by atoms with Gasteiger partial charge in [-0.15, -0.1) is 0 Å². The normalized spacial score (nSPS) is 14.5. The van der Waals surface area contributed by atoms with Gasteiger partial charge in [0.05, 0.1) is 12.7 Å². The molecular formula is C6H11F3O2S2. The fourth-order valence-corrected chi connectivity index (χ4v) is 2.07. The van der Waals surface area contributed by atoms with E-state index in [0.717, 1.165) is 0 Å². The highest BCUT2D eigenvalue weighted by Gasteiger charge is 2.27. The van der Waals surface area contributed by atoms with Crippen molar-refractivity contribution in [1.82, 2.24) is 0 Å². The highest BCUT2D eigenvalue weighted by atomic mass is 32.2. The largest absolute Gasteiger partial charge is 0.441 e. The Bertz CT molecular complexity index is 132. The van der Waals surface area contributed by atoms with Crippen LogP contribution in [0.1, 0.15) is 0 Å². The number of rotatable bonds is 6. The van der Waals surface area contributed by atoms with Crippen LogP contribution in [0.5, 0.6) is 0 Å². The number of halogens is 3. The molecule has 0 rings (SSSR count). The molecule has 0 fully saturated rings. The van der Waals surface area contributed by atoms with Crippen LogP contribution in [0.4, 0.5) is 13.2 Å². The lowest BCUT2D eigenvalue weighted by Crippen LogP contribution is -2.15. The molecule has 0 bridgehead atoms. The average Bonchev–Trinajstić information content (AvgIpc) is 2.01. The Morgan fingerprint density at radius 2 is 1.85 bits per heavy atom. The molecule has 0 radical (unpaired) electrons. The summed E-state index contributed by atoms with van der Waals surface area (Å²) in [6, 6.07) is 0. The third kappa shape index (κ3) is 10.3. The van der Waals surface area contributed by atoms with Gasteiger partial charge in [0, 0.05) is 17.3 Å². The number of thioether (sulfide) groups is 2. The molecule has 7 heteroatoms. The van der Waals surface area contributed by atoms with Gasteiger partial charge in [-0.3, -0.25) is 0 Å². The standard InChI is InChI=1S/C6H11F3O2S2/c7-6(8,9)13-2-1-12-4-5(11)3-10/h5,10-11H,1-4H2. The van der Waals surface area contributed by atoms with Gasteiger partial charge in [-0.1, -0.05) is 11.8 Å². The van der Waals surface area contributed by atoms with Crippen LogP contribution in [-0.4, -0.2) is 45.7 Å². The second kappa shape index (κ2) is 6.80. The summed E-state index contributed by atoms with van der Waals surface area (Å²) in [5.74, 6) is 0.572. The van der Waals surface area contributed by atoms with E-state index in [1.165, 1.54) is 11.8 Å². The van der Waals surface area contributed by atoms with Crippen molar-refractivity contribution < 1.29 is 23.4 Å². The summed E-state index contributed by atoms with van der Waals surface area (Å²) in [6.45, 7) is -0.348. The molecular weight excluding hydrogens is 225 g/mol. The summed E-state index contributed by atoms with van der Waals surface area (Å²) >= 11 is 1.12. The summed E-state index contributed by atoms with van der Waals surface area (Å²) in [5, 5.41) is 17.2. The van der Waals surface area contributed by atoms with Crippen molar-refractivity contribution in [2.24, 2.45) is 0 Å². The van der Waals surface area contributed by atoms with E-state index in [4.69, 9.17) is 10.2 Å². The van der Waals surface area contributed by atoms with Crippen molar-refractivity contribution in [3.05, 3.63) is 0 Å². The van der Waals surface area contributed by atoms with Crippen molar-refractivity contribution in [2.45, 2.75) is 11.6 Å². The number of alkyl halides is 3. The van der Waals surface area contributed by atoms with Crippen molar-refractivity contribution in [2.75, 3.05) is 23.9 Å². The molecule has 0 aliphatic rings. The predicted molar refractivity (Wildman–Crippen MR) is 48.9 cm³/mol. The Morgan fingerprint density at radius 1 is 1.23 bits per heavy atom. The quantitative estimate of drug-likeness (QED) is 0.683. The third-order valence-electron chi connectivity index (χ3n) is 1.01. The van der Waals surface area contributed by atoms with E-state index in [1.54, 1.807) is 0 Å². The summed E-state index contributed by atoms with van der Waals surface area (Å²) in [6.07, 6.45) is -0.833. The Labute approximate surface area is 82.9 Å². The number of hydrogen-bond acceptors (Lipinski definition) is 4. The molecule has 0 heterocycles. The average molecular weight is 236 g/mol. The maximum atomic E-state index is 11.6.